The number of nitrogens with one attached hydrogen (secondary N) is 1. The molecule has 2 aromatic heterocycles. The van der Waals surface area contributed by atoms with Gasteiger partial charge >= 0.3 is 0 Å². The molecule has 0 saturated carbocycles. The molecule has 0 unspecified atom stereocenters. The zero-order chi connectivity index (χ0) is 24.3. The number of aromatic nitrogens is 1. The molecule has 0 aromatic carbocycles. The number of hydrogen-bond acceptors (Lipinski definition) is 4. The maximum absolute atomic E-state index is 13.0. The van der Waals surface area contributed by atoms with Crippen molar-refractivity contribution in [2.24, 2.45) is 0 Å². The van der Waals surface area contributed by atoms with Gasteiger partial charge in [0.05, 0.1) is 17.3 Å². The largest absolute Gasteiger partial charge is 0.463 e. The second kappa shape index (κ2) is 13.8. The van der Waals surface area contributed by atoms with Gasteiger partial charge in [-0.25, -0.2) is 0 Å². The Hall–Kier alpha value is -1.79. The first-order valence-electron chi connectivity index (χ1n) is 13.1. The number of carbonyl (C=O) groups excluding carboxylic acids is 1. The lowest BCUT2D eigenvalue weighted by Crippen LogP contribution is -2.55. The molecular formula is C27H48N4O2. The van der Waals surface area contributed by atoms with Crippen LogP contribution in [0.2, 0.25) is 0 Å². The molecule has 3 rings (SSSR count). The molecule has 2 aromatic rings. The monoisotopic (exact) mass is 460 g/mol. The Kier molecular flexibility index (Phi) is 11.5. The maximum atomic E-state index is 13.0. The van der Waals surface area contributed by atoms with Crippen molar-refractivity contribution in [2.45, 2.75) is 91.1 Å². The van der Waals surface area contributed by atoms with Crippen molar-refractivity contribution in [3.05, 3.63) is 24.1 Å². The molecule has 6 heteroatoms. The molecule has 0 spiro atoms. The Morgan fingerprint density at radius 2 is 1.76 bits per heavy atom. The highest BCUT2D eigenvalue weighted by Crippen LogP contribution is 2.32. The molecule has 0 saturated heterocycles. The van der Waals surface area contributed by atoms with Gasteiger partial charge < -0.3 is 24.1 Å². The highest BCUT2D eigenvalue weighted by molar-refractivity contribution is 5.98. The number of carbonyl (C=O) groups is 1. The summed E-state index contributed by atoms with van der Waals surface area (Å²) in [6, 6.07) is 3.83. The lowest BCUT2D eigenvalue weighted by molar-refractivity contribution is 0.0411. The molecule has 33 heavy (non-hydrogen) atoms. The van der Waals surface area contributed by atoms with E-state index in [9.17, 15) is 4.79 Å². The van der Waals surface area contributed by atoms with Gasteiger partial charge in [0.2, 0.25) is 0 Å². The SMILES string of the molecule is CCCCCCCNC.CCCCN(C)CCCN1C(=O)c2cc3occc3n2CC1(C)C. The van der Waals surface area contributed by atoms with Crippen LogP contribution in [0.1, 0.15) is 89.5 Å². The quantitative estimate of drug-likeness (QED) is 0.386. The highest BCUT2D eigenvalue weighted by atomic mass is 16.3. The van der Waals surface area contributed by atoms with E-state index in [1.165, 1.54) is 51.5 Å². The molecule has 0 radical (unpaired) electrons. The molecule has 0 bridgehead atoms. The van der Waals surface area contributed by atoms with Gasteiger partial charge in [-0.3, -0.25) is 4.79 Å². The minimum atomic E-state index is -0.185. The van der Waals surface area contributed by atoms with E-state index in [0.29, 0.717) is 0 Å². The molecule has 1 amide bonds. The molecule has 6 nitrogen and oxygen atoms in total. The van der Waals surface area contributed by atoms with E-state index in [0.717, 1.165) is 49.4 Å². The van der Waals surface area contributed by atoms with Crippen LogP contribution in [0.25, 0.3) is 11.1 Å². The van der Waals surface area contributed by atoms with Crippen LogP contribution in [0.15, 0.2) is 22.8 Å². The second-order valence-corrected chi connectivity index (χ2v) is 10.1. The van der Waals surface area contributed by atoms with Crippen LogP contribution in [0.3, 0.4) is 0 Å². The van der Waals surface area contributed by atoms with E-state index < -0.39 is 0 Å². The smallest absolute Gasteiger partial charge is 0.271 e. The van der Waals surface area contributed by atoms with Crippen molar-refractivity contribution in [3.63, 3.8) is 0 Å². The first kappa shape index (κ1) is 27.5. The van der Waals surface area contributed by atoms with Gasteiger partial charge in [-0.05, 0) is 66.8 Å². The molecule has 188 valence electrons. The van der Waals surface area contributed by atoms with Crippen LogP contribution in [-0.2, 0) is 6.54 Å². The van der Waals surface area contributed by atoms with E-state index in [4.69, 9.17) is 4.42 Å². The average molecular weight is 461 g/mol. The van der Waals surface area contributed by atoms with Crippen molar-refractivity contribution in [3.8, 4) is 0 Å². The fraction of sp³-hybridized carbons (Fsp3) is 0.741. The van der Waals surface area contributed by atoms with E-state index in [1.54, 1.807) is 6.26 Å². The molecule has 1 N–H and O–H groups in total. The van der Waals surface area contributed by atoms with Crippen LogP contribution < -0.4 is 5.32 Å². The minimum absolute atomic E-state index is 0.119. The summed E-state index contributed by atoms with van der Waals surface area (Å²) in [5.74, 6) is 0.119. The summed E-state index contributed by atoms with van der Waals surface area (Å²) in [7, 11) is 4.18. The predicted molar refractivity (Wildman–Crippen MR) is 139 cm³/mol. The summed E-state index contributed by atoms with van der Waals surface area (Å²) in [6.07, 6.45) is 12.1. The molecule has 0 fully saturated rings. The highest BCUT2D eigenvalue weighted by Gasteiger charge is 2.39. The summed E-state index contributed by atoms with van der Waals surface area (Å²) < 4.78 is 7.58. The van der Waals surface area contributed by atoms with Crippen molar-refractivity contribution in [2.75, 3.05) is 40.3 Å². The second-order valence-electron chi connectivity index (χ2n) is 10.1. The average Bonchev–Trinajstić information content (AvgIpc) is 3.37. The van der Waals surface area contributed by atoms with Crippen LogP contribution >= 0.6 is 0 Å². The molecule has 0 aliphatic carbocycles. The lowest BCUT2D eigenvalue weighted by Gasteiger charge is -2.43. The minimum Gasteiger partial charge on any atom is -0.463 e. The Labute approximate surface area is 201 Å². The zero-order valence-corrected chi connectivity index (χ0v) is 22.1. The summed E-state index contributed by atoms with van der Waals surface area (Å²) in [5.41, 5.74) is 2.39. The predicted octanol–water partition coefficient (Wildman–Crippen LogP) is 5.77. The van der Waals surface area contributed by atoms with Crippen molar-refractivity contribution in [1.29, 1.82) is 0 Å². The molecule has 1 aliphatic heterocycles. The van der Waals surface area contributed by atoms with Gasteiger partial charge in [-0.2, -0.15) is 0 Å². The lowest BCUT2D eigenvalue weighted by atomic mass is 9.98. The van der Waals surface area contributed by atoms with E-state index >= 15 is 0 Å². The number of unbranched alkanes of at least 4 members (excludes halogenated alkanes) is 5. The standard InChI is InChI=1S/C19H29N3O2.C8H19N/c1-5-6-9-20(4)10-7-11-22-18(23)16-13-17-15(8-12-24-17)21(16)14-19(22,2)3;1-3-4-5-6-7-8-9-2/h8,12-13H,5-7,9-11,14H2,1-4H3;9H,3-8H2,1-2H3. The summed E-state index contributed by atoms with van der Waals surface area (Å²) >= 11 is 0. The van der Waals surface area contributed by atoms with Crippen molar-refractivity contribution >= 4 is 17.0 Å². The fourth-order valence-corrected chi connectivity index (χ4v) is 4.56. The van der Waals surface area contributed by atoms with Gasteiger partial charge in [-0.1, -0.05) is 46.0 Å². The summed E-state index contributed by atoms with van der Waals surface area (Å²) in [6.45, 7) is 13.7. The zero-order valence-electron chi connectivity index (χ0n) is 22.1. The van der Waals surface area contributed by atoms with Gasteiger partial charge in [0, 0.05) is 25.2 Å². The van der Waals surface area contributed by atoms with Gasteiger partial charge in [0.1, 0.15) is 5.69 Å². The first-order valence-corrected chi connectivity index (χ1v) is 13.1. The van der Waals surface area contributed by atoms with E-state index in [2.05, 4.69) is 49.5 Å². The molecule has 1 aliphatic rings. The van der Waals surface area contributed by atoms with Crippen molar-refractivity contribution < 1.29 is 9.21 Å². The normalized spacial score (nSPS) is 15.1. The number of nitrogens with zero attached hydrogens (tertiary/aromatic N) is 3. The Morgan fingerprint density at radius 1 is 1.06 bits per heavy atom. The van der Waals surface area contributed by atoms with Crippen molar-refractivity contribution in [1.82, 2.24) is 19.7 Å². The van der Waals surface area contributed by atoms with Crippen LogP contribution in [-0.4, -0.2) is 66.1 Å². The Balaban J connectivity index is 0.000000365. The first-order chi connectivity index (χ1) is 15.9. The van der Waals surface area contributed by atoms with Gasteiger partial charge in [0.15, 0.2) is 5.58 Å². The van der Waals surface area contributed by atoms with Crippen LogP contribution in [0.5, 0.6) is 0 Å². The number of fused-ring (bicyclic) bond motifs is 3. The molecule has 3 heterocycles. The summed E-state index contributed by atoms with van der Waals surface area (Å²) in [4.78, 5) is 17.4. The molecular weight excluding hydrogens is 412 g/mol. The van der Waals surface area contributed by atoms with Gasteiger partial charge in [0.25, 0.3) is 5.91 Å². The number of amides is 1. The summed E-state index contributed by atoms with van der Waals surface area (Å²) in [5, 5.41) is 3.14. The third kappa shape index (κ3) is 7.89. The van der Waals surface area contributed by atoms with E-state index in [-0.39, 0.29) is 11.4 Å². The number of furan rings is 1. The van der Waals surface area contributed by atoms with Gasteiger partial charge in [-0.15, -0.1) is 0 Å². The third-order valence-corrected chi connectivity index (χ3v) is 6.61. The maximum Gasteiger partial charge on any atom is 0.271 e. The third-order valence-electron chi connectivity index (χ3n) is 6.61. The Morgan fingerprint density at radius 3 is 2.45 bits per heavy atom. The Bertz CT molecular complexity index is 817. The van der Waals surface area contributed by atoms with Crippen LogP contribution in [0, 0.1) is 0 Å². The topological polar surface area (TPSA) is 53.6 Å². The number of rotatable bonds is 13. The fourth-order valence-electron chi connectivity index (χ4n) is 4.56. The van der Waals surface area contributed by atoms with Crippen LogP contribution in [0.4, 0.5) is 0 Å². The van der Waals surface area contributed by atoms with E-state index in [1.807, 2.05) is 24.1 Å². The molecule has 0 atom stereocenters. The number of hydrogen-bond donors (Lipinski definition) is 1.